The van der Waals surface area contributed by atoms with E-state index in [0.29, 0.717) is 36.8 Å². The first-order chi connectivity index (χ1) is 12.1. The van der Waals surface area contributed by atoms with Gasteiger partial charge in [-0.05, 0) is 43.2 Å². The van der Waals surface area contributed by atoms with E-state index in [1.165, 1.54) is 0 Å². The molecule has 1 fully saturated rings. The van der Waals surface area contributed by atoms with E-state index in [2.05, 4.69) is 11.4 Å². The van der Waals surface area contributed by atoms with Gasteiger partial charge in [0, 0.05) is 18.4 Å². The van der Waals surface area contributed by atoms with Crippen molar-refractivity contribution in [1.29, 1.82) is 5.26 Å². The van der Waals surface area contributed by atoms with Crippen molar-refractivity contribution in [3.8, 4) is 11.8 Å². The number of nitrogens with zero attached hydrogens (tertiary/aromatic N) is 1. The van der Waals surface area contributed by atoms with Gasteiger partial charge in [0.15, 0.2) is 0 Å². The number of carbonyl (C=O) groups is 1. The van der Waals surface area contributed by atoms with Crippen LogP contribution in [0.4, 0.5) is 5.69 Å². The minimum absolute atomic E-state index is 0.0381. The van der Waals surface area contributed by atoms with Crippen LogP contribution in [0.1, 0.15) is 24.5 Å². The zero-order valence-corrected chi connectivity index (χ0v) is 14.1. The Hall–Kier alpha value is -2.84. The number of hydrogen-bond donors (Lipinski definition) is 1. The van der Waals surface area contributed by atoms with Crippen molar-refractivity contribution in [3.05, 3.63) is 59.7 Å². The van der Waals surface area contributed by atoms with Gasteiger partial charge in [-0.2, -0.15) is 5.26 Å². The molecule has 1 amide bonds. The molecule has 128 valence electrons. The molecule has 1 atom stereocenters. The van der Waals surface area contributed by atoms with Crippen molar-refractivity contribution in [2.75, 3.05) is 18.5 Å². The van der Waals surface area contributed by atoms with Gasteiger partial charge in [0.2, 0.25) is 5.91 Å². The fraction of sp³-hybridized carbons (Fsp3) is 0.300. The van der Waals surface area contributed by atoms with Crippen LogP contribution >= 0.6 is 0 Å². The molecule has 25 heavy (non-hydrogen) atoms. The van der Waals surface area contributed by atoms with Crippen molar-refractivity contribution in [1.82, 2.24) is 0 Å². The Labute approximate surface area is 147 Å². The maximum absolute atomic E-state index is 12.4. The first-order valence-electron chi connectivity index (χ1n) is 8.20. The molecule has 0 aliphatic carbocycles. The number of nitrogens with one attached hydrogen (secondary N) is 1. The van der Waals surface area contributed by atoms with E-state index in [-0.39, 0.29) is 5.91 Å². The Morgan fingerprint density at radius 2 is 2.16 bits per heavy atom. The minimum atomic E-state index is -0.478. The van der Waals surface area contributed by atoms with Crippen LogP contribution in [-0.4, -0.2) is 19.1 Å². The molecule has 2 aromatic rings. The monoisotopic (exact) mass is 336 g/mol. The molecule has 1 heterocycles. The van der Waals surface area contributed by atoms with Crippen molar-refractivity contribution in [2.24, 2.45) is 5.41 Å². The summed E-state index contributed by atoms with van der Waals surface area (Å²) in [7, 11) is 0. The molecule has 1 aliphatic rings. The normalized spacial score (nSPS) is 19.2. The van der Waals surface area contributed by atoms with Gasteiger partial charge in [0.25, 0.3) is 0 Å². The molecular formula is C20H20N2O3. The molecule has 0 spiro atoms. The van der Waals surface area contributed by atoms with Gasteiger partial charge in [-0.3, -0.25) is 4.79 Å². The van der Waals surface area contributed by atoms with Gasteiger partial charge < -0.3 is 14.8 Å². The second-order valence-electron chi connectivity index (χ2n) is 6.45. The lowest BCUT2D eigenvalue weighted by molar-refractivity contribution is -0.124. The van der Waals surface area contributed by atoms with Gasteiger partial charge in [-0.25, -0.2) is 0 Å². The first kappa shape index (κ1) is 17.0. The van der Waals surface area contributed by atoms with Crippen molar-refractivity contribution in [3.63, 3.8) is 0 Å². The lowest BCUT2D eigenvalue weighted by atomic mass is 9.89. The number of carbonyl (C=O) groups excluding carboxylic acids is 1. The van der Waals surface area contributed by atoms with Crippen LogP contribution in [0.15, 0.2) is 48.5 Å². The van der Waals surface area contributed by atoms with Crippen molar-refractivity contribution in [2.45, 2.75) is 20.0 Å². The molecule has 1 saturated heterocycles. The summed E-state index contributed by atoms with van der Waals surface area (Å²) >= 11 is 0. The number of anilines is 1. The topological polar surface area (TPSA) is 71.3 Å². The quantitative estimate of drug-likeness (QED) is 0.907. The molecule has 0 saturated carbocycles. The predicted octanol–water partition coefficient (Wildman–Crippen LogP) is 3.50. The number of nitriles is 1. The maximum atomic E-state index is 12.4. The fourth-order valence-corrected chi connectivity index (χ4v) is 2.69. The summed E-state index contributed by atoms with van der Waals surface area (Å²) in [5.74, 6) is 0.622. The second-order valence-corrected chi connectivity index (χ2v) is 6.45. The molecule has 3 rings (SSSR count). The molecule has 0 bridgehead atoms. The van der Waals surface area contributed by atoms with Gasteiger partial charge in [0.05, 0.1) is 23.7 Å². The lowest BCUT2D eigenvalue weighted by Gasteiger charge is -2.20. The van der Waals surface area contributed by atoms with Crippen LogP contribution in [0.3, 0.4) is 0 Å². The summed E-state index contributed by atoms with van der Waals surface area (Å²) in [4.78, 5) is 12.4. The Kier molecular flexibility index (Phi) is 5.01. The third-order valence-electron chi connectivity index (χ3n) is 4.32. The van der Waals surface area contributed by atoms with Crippen molar-refractivity contribution >= 4 is 11.6 Å². The molecule has 0 unspecified atom stereocenters. The molecule has 1 aliphatic heterocycles. The van der Waals surface area contributed by atoms with E-state index in [4.69, 9.17) is 14.7 Å². The number of rotatable bonds is 5. The first-order valence-corrected chi connectivity index (χ1v) is 8.20. The van der Waals surface area contributed by atoms with E-state index in [1.54, 1.807) is 18.2 Å². The summed E-state index contributed by atoms with van der Waals surface area (Å²) in [5.41, 5.74) is 1.74. The molecule has 0 aromatic heterocycles. The molecule has 2 aromatic carbocycles. The van der Waals surface area contributed by atoms with Gasteiger partial charge in [-0.1, -0.05) is 18.2 Å². The van der Waals surface area contributed by atoms with E-state index < -0.39 is 5.41 Å². The minimum Gasteiger partial charge on any atom is -0.489 e. The van der Waals surface area contributed by atoms with E-state index in [9.17, 15) is 4.79 Å². The highest BCUT2D eigenvalue weighted by Crippen LogP contribution is 2.30. The van der Waals surface area contributed by atoms with Crippen molar-refractivity contribution < 1.29 is 14.3 Å². The van der Waals surface area contributed by atoms with E-state index in [1.807, 2.05) is 37.3 Å². The molecule has 0 radical (unpaired) electrons. The largest absolute Gasteiger partial charge is 0.489 e. The standard InChI is InChI=1S/C20H20N2O3/c1-20(8-9-24-14-20)19(23)22-17-6-3-7-18(11-17)25-13-16-5-2-4-15(10-16)12-21/h2-7,10-11H,8-9,13-14H2,1H3,(H,22,23)/t20-/m0/s1. The average molecular weight is 336 g/mol. The Bertz CT molecular complexity index is 805. The summed E-state index contributed by atoms with van der Waals surface area (Å²) in [6.07, 6.45) is 0.726. The van der Waals surface area contributed by atoms with Crippen LogP contribution in [-0.2, 0) is 16.1 Å². The Balaban J connectivity index is 1.63. The fourth-order valence-electron chi connectivity index (χ4n) is 2.69. The summed E-state index contributed by atoms with van der Waals surface area (Å²) in [6.45, 7) is 3.34. The maximum Gasteiger partial charge on any atom is 0.232 e. The van der Waals surface area contributed by atoms with Gasteiger partial charge in [-0.15, -0.1) is 0 Å². The van der Waals surface area contributed by atoms with Crippen LogP contribution < -0.4 is 10.1 Å². The number of ether oxygens (including phenoxy) is 2. The summed E-state index contributed by atoms with van der Waals surface area (Å²) in [6, 6.07) is 16.7. The summed E-state index contributed by atoms with van der Waals surface area (Å²) < 4.78 is 11.1. The zero-order chi connectivity index (χ0) is 17.7. The third-order valence-corrected chi connectivity index (χ3v) is 4.32. The Morgan fingerprint density at radius 1 is 1.32 bits per heavy atom. The predicted molar refractivity (Wildman–Crippen MR) is 94.1 cm³/mol. The number of hydrogen-bond acceptors (Lipinski definition) is 4. The van der Waals surface area contributed by atoms with Crippen LogP contribution in [0.5, 0.6) is 5.75 Å². The number of amides is 1. The average Bonchev–Trinajstić information content (AvgIpc) is 3.08. The highest BCUT2D eigenvalue weighted by atomic mass is 16.5. The smallest absolute Gasteiger partial charge is 0.232 e. The number of benzene rings is 2. The summed E-state index contributed by atoms with van der Waals surface area (Å²) in [5, 5.41) is 11.9. The van der Waals surface area contributed by atoms with Crippen LogP contribution in [0.25, 0.3) is 0 Å². The molecule has 5 heteroatoms. The molecule has 1 N–H and O–H groups in total. The van der Waals surface area contributed by atoms with E-state index in [0.717, 1.165) is 12.0 Å². The third kappa shape index (κ3) is 4.17. The molecule has 5 nitrogen and oxygen atoms in total. The van der Waals surface area contributed by atoms with Crippen LogP contribution in [0, 0.1) is 16.7 Å². The molecular weight excluding hydrogens is 316 g/mol. The highest BCUT2D eigenvalue weighted by molar-refractivity contribution is 5.95. The SMILES string of the molecule is C[C@]1(C(=O)Nc2cccc(OCc3cccc(C#N)c3)c2)CCOC1. The van der Waals surface area contributed by atoms with E-state index >= 15 is 0 Å². The lowest BCUT2D eigenvalue weighted by Crippen LogP contribution is -2.33. The zero-order valence-electron chi connectivity index (χ0n) is 14.1. The van der Waals surface area contributed by atoms with Gasteiger partial charge in [0.1, 0.15) is 12.4 Å². The second kappa shape index (κ2) is 7.37. The highest BCUT2D eigenvalue weighted by Gasteiger charge is 2.37. The Morgan fingerprint density at radius 3 is 2.92 bits per heavy atom. The van der Waals surface area contributed by atoms with Crippen LogP contribution in [0.2, 0.25) is 0 Å². The van der Waals surface area contributed by atoms with Gasteiger partial charge >= 0.3 is 0 Å².